The zero-order valence-corrected chi connectivity index (χ0v) is 36.0. The third kappa shape index (κ3) is 6.99. The topological polar surface area (TPSA) is 221 Å². The SMILES string of the molecule is C=C1c2cccc(c2)C(=O)N[C@@H](C=C(C)C)[C@@H](O)C(=O)O[C@H]2C[C@@]3(O)[C@@H](OC(=O)c4cccc1c4)[C@@H]1[C@]4(OC(C)=O)CO[C@@H]4C[C@H](O)[C@@]1(C)C(=O)[C@H](OC(C)=O)C(=C2C)C3(C)C. The smallest absolute Gasteiger partial charge is 0.338 e. The average molecular weight is 856 g/mol. The highest BCUT2D eigenvalue weighted by Gasteiger charge is 2.78. The fourth-order valence-electron chi connectivity index (χ4n) is 10.5. The van der Waals surface area contributed by atoms with E-state index in [9.17, 15) is 39.3 Å². The van der Waals surface area contributed by atoms with E-state index < -0.39 is 113 Å². The number of aliphatic hydroxyl groups is 3. The molecule has 0 aromatic heterocycles. The molecule has 1 saturated heterocycles. The number of carbonyl (C=O) groups is 6. The van der Waals surface area contributed by atoms with E-state index in [0.717, 1.165) is 13.8 Å². The van der Waals surface area contributed by atoms with Crippen LogP contribution in [0.1, 0.15) is 100 Å². The molecule has 0 radical (unpaired) electrons. The number of nitrogens with one attached hydrogen (secondary N) is 1. The van der Waals surface area contributed by atoms with E-state index in [-0.39, 0.29) is 35.3 Å². The molecule has 2 aromatic carbocycles. The van der Waals surface area contributed by atoms with Gasteiger partial charge >= 0.3 is 23.9 Å². The number of ether oxygens (including phenoxy) is 5. The number of ketones is 1. The molecule has 7 rings (SSSR count). The Labute approximate surface area is 359 Å². The summed E-state index contributed by atoms with van der Waals surface area (Å²) in [5.74, 6) is -6.96. The van der Waals surface area contributed by atoms with Crippen molar-refractivity contribution in [1.82, 2.24) is 5.32 Å². The van der Waals surface area contributed by atoms with Gasteiger partial charge in [0, 0.05) is 37.7 Å². The van der Waals surface area contributed by atoms with Crippen LogP contribution in [0.2, 0.25) is 0 Å². The first-order chi connectivity index (χ1) is 29.0. The fraction of sp³-hybridized carbons (Fsp3) is 0.489. The minimum absolute atomic E-state index is 0.00204. The van der Waals surface area contributed by atoms with Crippen LogP contribution in [0.15, 0.2) is 77.9 Å². The molecule has 62 heavy (non-hydrogen) atoms. The lowest BCUT2D eigenvalue weighted by Crippen LogP contribution is -2.82. The summed E-state index contributed by atoms with van der Waals surface area (Å²) < 4.78 is 30.4. The summed E-state index contributed by atoms with van der Waals surface area (Å²) in [6.45, 7) is 15.6. The first kappa shape index (κ1) is 44.6. The molecule has 2 heterocycles. The second kappa shape index (κ2) is 15.7. The Morgan fingerprint density at radius 3 is 2.10 bits per heavy atom. The molecule has 1 amide bonds. The summed E-state index contributed by atoms with van der Waals surface area (Å²) in [4.78, 5) is 84.4. The van der Waals surface area contributed by atoms with E-state index >= 15 is 4.79 Å². The van der Waals surface area contributed by atoms with Crippen molar-refractivity contribution in [2.45, 2.75) is 122 Å². The van der Waals surface area contributed by atoms with Gasteiger partial charge in [0.05, 0.1) is 35.6 Å². The van der Waals surface area contributed by atoms with Crippen molar-refractivity contribution < 1.29 is 67.8 Å². The Kier molecular flexibility index (Phi) is 11.3. The molecule has 0 unspecified atom stereocenters. The molecule has 11 atom stereocenters. The number of allylic oxidation sites excluding steroid dienone is 1. The monoisotopic (exact) mass is 855 g/mol. The summed E-state index contributed by atoms with van der Waals surface area (Å²) >= 11 is 0. The summed E-state index contributed by atoms with van der Waals surface area (Å²) in [5.41, 5.74) is -5.58. The Morgan fingerprint density at radius 2 is 1.52 bits per heavy atom. The number of fused-ring (bicyclic) bond motifs is 10. The standard InChI is InChI=1S/C47H53NO14/c1-22(2)16-31-36(52)43(56)60-32-20-47(57)40(61-42(55)30-15-11-13-28(18-30)23(3)27-12-10-14-29(17-27)41(54)48-31)38-45(9,33(51)19-34-46(38,21-58-34)62-26(6)50)39(53)37(59-25(5)49)35(24(32)4)44(47,7)8/h10-18,31-34,36-38,40,51-52,57H,3,19-21H2,1-2,4-9H3,(H,48,54)/t31-,32-,33-,34+,36+,37+,38-,40-,45+,46-,47+/m0/s1. The average Bonchev–Trinajstić information content (AvgIpc) is 3.20. The highest BCUT2D eigenvalue weighted by Crippen LogP contribution is 2.64. The molecule has 330 valence electrons. The maximum Gasteiger partial charge on any atom is 0.338 e. The van der Waals surface area contributed by atoms with Gasteiger partial charge in [-0.25, -0.2) is 9.59 Å². The summed E-state index contributed by atoms with van der Waals surface area (Å²) in [6, 6.07) is 11.4. The van der Waals surface area contributed by atoms with E-state index in [4.69, 9.17) is 23.7 Å². The maximum atomic E-state index is 15.5. The highest BCUT2D eigenvalue weighted by atomic mass is 16.6. The van der Waals surface area contributed by atoms with Crippen molar-refractivity contribution in [3.63, 3.8) is 0 Å². The number of carbonyl (C=O) groups excluding carboxylic acids is 6. The molecular weight excluding hydrogens is 803 g/mol. The van der Waals surface area contributed by atoms with Gasteiger partial charge in [-0.2, -0.15) is 0 Å². The zero-order valence-electron chi connectivity index (χ0n) is 36.0. The van der Waals surface area contributed by atoms with Gasteiger partial charge in [0.25, 0.3) is 5.91 Å². The number of Topliss-reactive ketones (excluding diaryl/α,β-unsaturated/α-hetero) is 1. The number of hydrogen-bond donors (Lipinski definition) is 4. The Balaban J connectivity index is 1.53. The van der Waals surface area contributed by atoms with Crippen LogP contribution >= 0.6 is 0 Å². The van der Waals surface area contributed by atoms with Gasteiger partial charge < -0.3 is 44.3 Å². The number of esters is 4. The molecule has 15 heteroatoms. The molecule has 4 N–H and O–H groups in total. The molecule has 5 aliphatic rings. The molecule has 2 saturated carbocycles. The van der Waals surface area contributed by atoms with Crippen molar-refractivity contribution in [2.75, 3.05) is 6.61 Å². The molecule has 15 nitrogen and oxygen atoms in total. The molecule has 2 aromatic rings. The highest BCUT2D eigenvalue weighted by molar-refractivity contribution is 5.98. The van der Waals surface area contributed by atoms with Crippen molar-refractivity contribution in [3.05, 3.63) is 100 Å². The first-order valence-corrected chi connectivity index (χ1v) is 20.6. The number of rotatable bonds is 3. The van der Waals surface area contributed by atoms with E-state index in [1.54, 1.807) is 64.1 Å². The number of amides is 1. The molecule has 3 aliphatic carbocycles. The largest absolute Gasteiger partial charge is 0.456 e. The predicted molar refractivity (Wildman–Crippen MR) is 220 cm³/mol. The van der Waals surface area contributed by atoms with Gasteiger partial charge in [-0.15, -0.1) is 0 Å². The van der Waals surface area contributed by atoms with Crippen molar-refractivity contribution in [2.24, 2.45) is 16.7 Å². The van der Waals surface area contributed by atoms with E-state index in [1.807, 2.05) is 0 Å². The van der Waals surface area contributed by atoms with Crippen LogP contribution in [0.4, 0.5) is 0 Å². The van der Waals surface area contributed by atoms with Gasteiger partial charge in [0.15, 0.2) is 23.6 Å². The third-order valence-corrected chi connectivity index (χ3v) is 13.7. The van der Waals surface area contributed by atoms with E-state index in [1.165, 1.54) is 32.1 Å². The Bertz CT molecular complexity index is 2340. The van der Waals surface area contributed by atoms with Gasteiger partial charge in [-0.05, 0) is 79.8 Å². The summed E-state index contributed by atoms with van der Waals surface area (Å²) in [6.07, 6.45) is -9.05. The number of benzene rings is 2. The predicted octanol–water partition coefficient (Wildman–Crippen LogP) is 3.70. The van der Waals surface area contributed by atoms with Gasteiger partial charge in [0.1, 0.15) is 23.9 Å². The minimum Gasteiger partial charge on any atom is -0.456 e. The van der Waals surface area contributed by atoms with Crippen molar-refractivity contribution in [3.8, 4) is 0 Å². The number of hydrogen-bond acceptors (Lipinski definition) is 14. The molecular formula is C47H53NO14. The lowest BCUT2D eigenvalue weighted by atomic mass is 9.44. The second-order valence-electron chi connectivity index (χ2n) is 18.1. The Morgan fingerprint density at radius 1 is 0.903 bits per heavy atom. The Hall–Kier alpha value is -5.48. The normalized spacial score (nSPS) is 35.4. The molecule has 0 spiro atoms. The van der Waals surface area contributed by atoms with Gasteiger partial charge in [-0.3, -0.25) is 19.2 Å². The van der Waals surface area contributed by atoms with Crippen LogP contribution < -0.4 is 5.32 Å². The second-order valence-corrected chi connectivity index (χ2v) is 18.1. The third-order valence-electron chi connectivity index (χ3n) is 13.7. The van der Waals surface area contributed by atoms with Crippen LogP contribution in [0, 0.1) is 16.7 Å². The van der Waals surface area contributed by atoms with E-state index in [0.29, 0.717) is 22.3 Å². The first-order valence-electron chi connectivity index (χ1n) is 20.6. The molecule has 2 aliphatic heterocycles. The van der Waals surface area contributed by atoms with Crippen molar-refractivity contribution in [1.29, 1.82) is 0 Å². The lowest BCUT2D eigenvalue weighted by molar-refractivity contribution is -0.346. The van der Waals surface area contributed by atoms with Crippen LogP contribution in [0.5, 0.6) is 0 Å². The van der Waals surface area contributed by atoms with Crippen LogP contribution in [0.25, 0.3) is 5.57 Å². The van der Waals surface area contributed by atoms with Crippen LogP contribution in [-0.2, 0) is 42.9 Å². The maximum absolute atomic E-state index is 15.5. The summed E-state index contributed by atoms with van der Waals surface area (Å²) in [7, 11) is 0. The number of aliphatic hydroxyl groups excluding tert-OH is 2. The minimum atomic E-state index is -2.40. The molecule has 3 fully saturated rings. The van der Waals surface area contributed by atoms with Crippen LogP contribution in [0.3, 0.4) is 0 Å². The van der Waals surface area contributed by atoms with E-state index in [2.05, 4.69) is 11.9 Å². The summed E-state index contributed by atoms with van der Waals surface area (Å²) in [5, 5.41) is 40.2. The van der Waals surface area contributed by atoms with Gasteiger partial charge in [0.2, 0.25) is 0 Å². The van der Waals surface area contributed by atoms with Crippen LogP contribution in [-0.4, -0.2) is 111 Å². The zero-order chi connectivity index (χ0) is 45.4. The molecule has 7 bridgehead atoms. The fourth-order valence-corrected chi connectivity index (χ4v) is 10.5. The van der Waals surface area contributed by atoms with Gasteiger partial charge in [-0.1, -0.05) is 56.3 Å². The quantitative estimate of drug-likeness (QED) is 0.197. The lowest BCUT2D eigenvalue weighted by Gasteiger charge is -2.67. The van der Waals surface area contributed by atoms with Crippen molar-refractivity contribution >= 4 is 41.1 Å².